The lowest BCUT2D eigenvalue weighted by atomic mass is 10.0. The van der Waals surface area contributed by atoms with E-state index in [9.17, 15) is 4.79 Å². The fraction of sp³-hybridized carbons (Fsp3) is 0.192. The Morgan fingerprint density at radius 3 is 2.59 bits per heavy atom. The molecule has 6 rings (SSSR count). The largest absolute Gasteiger partial charge is 0.387 e. The van der Waals surface area contributed by atoms with E-state index >= 15 is 4.39 Å². The maximum absolute atomic E-state index is 15.2. The Morgan fingerprint density at radius 2 is 1.88 bits per heavy atom. The van der Waals surface area contributed by atoms with Crippen molar-refractivity contribution in [2.75, 3.05) is 12.4 Å². The third kappa shape index (κ3) is 3.27. The van der Waals surface area contributed by atoms with Crippen LogP contribution >= 0.6 is 11.6 Å². The van der Waals surface area contributed by atoms with E-state index in [2.05, 4.69) is 10.4 Å². The van der Waals surface area contributed by atoms with Crippen LogP contribution in [0.2, 0.25) is 5.02 Å². The van der Waals surface area contributed by atoms with Crippen molar-refractivity contribution in [3.63, 3.8) is 0 Å². The maximum Gasteiger partial charge on any atom is 0.266 e. The molecule has 0 saturated heterocycles. The fourth-order valence-corrected chi connectivity index (χ4v) is 4.73. The van der Waals surface area contributed by atoms with Crippen molar-refractivity contribution in [2.45, 2.75) is 18.8 Å². The molecule has 5 aromatic rings. The van der Waals surface area contributed by atoms with Gasteiger partial charge in [-0.25, -0.2) is 9.37 Å². The van der Waals surface area contributed by atoms with E-state index in [0.717, 1.165) is 23.7 Å². The lowest BCUT2D eigenvalue weighted by Crippen LogP contribution is -2.23. The molecule has 3 aromatic heterocycles. The zero-order valence-electron chi connectivity index (χ0n) is 18.6. The van der Waals surface area contributed by atoms with Crippen LogP contribution in [0.5, 0.6) is 0 Å². The number of halogens is 2. The average Bonchev–Trinajstić information content (AvgIpc) is 3.59. The molecule has 0 amide bonds. The highest BCUT2D eigenvalue weighted by Crippen LogP contribution is 2.42. The predicted octanol–water partition coefficient (Wildman–Crippen LogP) is 5.65. The molecule has 1 N–H and O–H groups in total. The molecule has 1 aliphatic rings. The normalized spacial score (nSPS) is 13.6. The topological polar surface area (TPSA) is 64.7 Å². The Kier molecular flexibility index (Phi) is 4.71. The summed E-state index contributed by atoms with van der Waals surface area (Å²) in [4.78, 5) is 18.8. The first-order valence-corrected chi connectivity index (χ1v) is 11.5. The van der Waals surface area contributed by atoms with Crippen molar-refractivity contribution in [2.24, 2.45) is 7.05 Å². The number of anilines is 1. The van der Waals surface area contributed by atoms with Crippen molar-refractivity contribution < 1.29 is 4.39 Å². The molecule has 0 radical (unpaired) electrons. The van der Waals surface area contributed by atoms with E-state index in [1.807, 2.05) is 31.4 Å². The van der Waals surface area contributed by atoms with Gasteiger partial charge in [0.25, 0.3) is 5.56 Å². The number of hydrogen-bond acceptors (Lipinski definition) is 4. The van der Waals surface area contributed by atoms with E-state index in [1.54, 1.807) is 40.6 Å². The Labute approximate surface area is 199 Å². The highest BCUT2D eigenvalue weighted by atomic mass is 35.5. The predicted molar refractivity (Wildman–Crippen MR) is 134 cm³/mol. The van der Waals surface area contributed by atoms with Crippen LogP contribution in [0, 0.1) is 5.82 Å². The van der Waals surface area contributed by atoms with Crippen LogP contribution in [-0.2, 0) is 7.05 Å². The summed E-state index contributed by atoms with van der Waals surface area (Å²) >= 11 is 6.11. The molecule has 2 aromatic carbocycles. The van der Waals surface area contributed by atoms with Crippen LogP contribution in [0.25, 0.3) is 38.8 Å². The second-order valence-electron chi connectivity index (χ2n) is 8.69. The number of pyridine rings is 2. The van der Waals surface area contributed by atoms with Gasteiger partial charge in [0, 0.05) is 42.0 Å². The van der Waals surface area contributed by atoms with Crippen LogP contribution in [0.1, 0.15) is 24.5 Å². The lowest BCUT2D eigenvalue weighted by Gasteiger charge is -2.18. The minimum Gasteiger partial charge on any atom is -0.387 e. The quantitative estimate of drug-likeness (QED) is 0.366. The summed E-state index contributed by atoms with van der Waals surface area (Å²) in [5.74, 6) is -0.245. The molecule has 0 bridgehead atoms. The molecular formula is C26H21ClFN5O. The fourth-order valence-electron chi connectivity index (χ4n) is 4.60. The first kappa shape index (κ1) is 20.9. The summed E-state index contributed by atoms with van der Waals surface area (Å²) in [6, 6.07) is 14.2. The smallest absolute Gasteiger partial charge is 0.266 e. The number of hydrogen-bond donors (Lipinski definition) is 1. The van der Waals surface area contributed by atoms with Crippen molar-refractivity contribution in [3.05, 3.63) is 81.6 Å². The Bertz CT molecular complexity index is 1650. The van der Waals surface area contributed by atoms with Crippen LogP contribution in [0.15, 0.2) is 59.5 Å². The summed E-state index contributed by atoms with van der Waals surface area (Å²) in [7, 11) is 3.59. The van der Waals surface area contributed by atoms with Crippen molar-refractivity contribution in [1.82, 2.24) is 19.3 Å². The van der Waals surface area contributed by atoms with E-state index in [-0.39, 0.29) is 17.3 Å². The van der Waals surface area contributed by atoms with Gasteiger partial charge < -0.3 is 5.32 Å². The van der Waals surface area contributed by atoms with Crippen LogP contribution in [0.3, 0.4) is 0 Å². The Hall–Kier alpha value is -3.71. The van der Waals surface area contributed by atoms with Crippen molar-refractivity contribution in [1.29, 1.82) is 0 Å². The highest BCUT2D eigenvalue weighted by Gasteiger charge is 2.30. The van der Waals surface area contributed by atoms with Crippen LogP contribution in [-0.4, -0.2) is 26.4 Å². The first-order valence-electron chi connectivity index (χ1n) is 11.1. The Morgan fingerprint density at radius 1 is 1.12 bits per heavy atom. The van der Waals surface area contributed by atoms with Gasteiger partial charge in [0.2, 0.25) is 0 Å². The van der Waals surface area contributed by atoms with Gasteiger partial charge in [0.15, 0.2) is 0 Å². The monoisotopic (exact) mass is 473 g/mol. The SMILES string of the molecule is CNc1c(-c2ccc3nn(C)cc3c2)c(=O)n(-c2ccc(Cl)cc2)c2nc(C3CC3)c(F)cc12. The maximum atomic E-state index is 15.2. The highest BCUT2D eigenvalue weighted by molar-refractivity contribution is 6.30. The average molecular weight is 474 g/mol. The number of fused-ring (bicyclic) bond motifs is 2. The summed E-state index contributed by atoms with van der Waals surface area (Å²) in [6.07, 6.45) is 3.71. The molecule has 8 heteroatoms. The molecule has 170 valence electrons. The molecule has 34 heavy (non-hydrogen) atoms. The van der Waals surface area contributed by atoms with Crippen molar-refractivity contribution in [3.8, 4) is 16.8 Å². The summed E-state index contributed by atoms with van der Waals surface area (Å²) in [5, 5.41) is 9.59. The molecule has 1 aliphatic carbocycles. The minimum absolute atomic E-state index is 0.101. The third-order valence-corrected chi connectivity index (χ3v) is 6.59. The molecule has 6 nitrogen and oxygen atoms in total. The first-order chi connectivity index (χ1) is 16.4. The molecule has 1 fully saturated rings. The number of nitrogens with one attached hydrogen (secondary N) is 1. The standard InChI is InChI=1S/C26H21ClFN5O/c1-29-24-19-12-20(28)23(14-3-4-14)30-25(19)33(18-8-6-17(27)7-9-18)26(34)22(24)15-5-10-21-16(11-15)13-32(2)31-21/h5-14,29H,3-4H2,1-2H3. The zero-order valence-corrected chi connectivity index (χ0v) is 19.4. The molecule has 0 unspecified atom stereocenters. The van der Waals surface area contributed by atoms with Gasteiger partial charge >= 0.3 is 0 Å². The zero-order chi connectivity index (χ0) is 23.6. The van der Waals surface area contributed by atoms with E-state index in [0.29, 0.717) is 44.3 Å². The van der Waals surface area contributed by atoms with Gasteiger partial charge in [0.05, 0.1) is 28.1 Å². The summed E-state index contributed by atoms with van der Waals surface area (Å²) in [6.45, 7) is 0. The van der Waals surface area contributed by atoms with Gasteiger partial charge in [-0.15, -0.1) is 0 Å². The molecule has 0 atom stereocenters. The van der Waals surface area contributed by atoms with Crippen LogP contribution in [0.4, 0.5) is 10.1 Å². The van der Waals surface area contributed by atoms with E-state index < -0.39 is 0 Å². The van der Waals surface area contributed by atoms with Gasteiger partial charge in [-0.1, -0.05) is 17.7 Å². The van der Waals surface area contributed by atoms with Gasteiger partial charge in [-0.05, 0) is 60.9 Å². The number of rotatable bonds is 4. The number of aromatic nitrogens is 4. The van der Waals surface area contributed by atoms with E-state index in [4.69, 9.17) is 16.6 Å². The number of aryl methyl sites for hydroxylation is 1. The molecule has 3 heterocycles. The van der Waals surface area contributed by atoms with Gasteiger partial charge in [-0.2, -0.15) is 5.10 Å². The Balaban J connectivity index is 1.73. The summed E-state index contributed by atoms with van der Waals surface area (Å²) < 4.78 is 18.4. The minimum atomic E-state index is -0.346. The van der Waals surface area contributed by atoms with Gasteiger partial charge in [-0.3, -0.25) is 14.0 Å². The second-order valence-corrected chi connectivity index (χ2v) is 9.13. The van der Waals surface area contributed by atoms with Gasteiger partial charge in [0.1, 0.15) is 11.5 Å². The summed E-state index contributed by atoms with van der Waals surface area (Å²) in [5.41, 5.74) is 3.74. The second kappa shape index (κ2) is 7.67. The van der Waals surface area contributed by atoms with Crippen LogP contribution < -0.4 is 10.9 Å². The molecule has 0 aliphatic heterocycles. The third-order valence-electron chi connectivity index (χ3n) is 6.34. The molecule has 0 spiro atoms. The number of nitrogens with zero attached hydrogens (tertiary/aromatic N) is 4. The molecule has 1 saturated carbocycles. The van der Waals surface area contributed by atoms with Crippen molar-refractivity contribution >= 4 is 39.2 Å². The number of benzene rings is 2. The molecular weight excluding hydrogens is 453 g/mol. The lowest BCUT2D eigenvalue weighted by molar-refractivity contribution is 0.602. The van der Waals surface area contributed by atoms with E-state index in [1.165, 1.54) is 6.07 Å².